The van der Waals surface area contributed by atoms with Crippen molar-refractivity contribution >= 4 is 28.5 Å². The van der Waals surface area contributed by atoms with E-state index in [1.165, 1.54) is 4.57 Å². The van der Waals surface area contributed by atoms with Gasteiger partial charge < -0.3 is 9.88 Å². The zero-order valence-electron chi connectivity index (χ0n) is 16.7. The topological polar surface area (TPSA) is 73.8 Å². The van der Waals surface area contributed by atoms with Crippen molar-refractivity contribution in [1.82, 2.24) is 24.0 Å². The predicted octanol–water partition coefficient (Wildman–Crippen LogP) is 3.12. The summed E-state index contributed by atoms with van der Waals surface area (Å²) in [5.41, 5.74) is 2.20. The molecule has 4 rings (SSSR count). The first-order valence-electron chi connectivity index (χ1n) is 9.69. The lowest BCUT2D eigenvalue weighted by molar-refractivity contribution is -0.122. The van der Waals surface area contributed by atoms with Crippen molar-refractivity contribution in [3.05, 3.63) is 87.8 Å². The Morgan fingerprint density at radius 1 is 1.10 bits per heavy atom. The van der Waals surface area contributed by atoms with Gasteiger partial charge in [-0.1, -0.05) is 35.9 Å². The molecule has 0 unspecified atom stereocenters. The van der Waals surface area contributed by atoms with E-state index in [4.69, 9.17) is 11.6 Å². The van der Waals surface area contributed by atoms with Crippen LogP contribution in [0.4, 0.5) is 0 Å². The number of nitrogens with zero attached hydrogens (tertiary/aromatic N) is 4. The maximum absolute atomic E-state index is 13.0. The molecule has 0 radical (unpaired) electrons. The number of imidazole rings is 2. The van der Waals surface area contributed by atoms with E-state index in [1.54, 1.807) is 22.9 Å². The maximum Gasteiger partial charge on any atom is 0.329 e. The van der Waals surface area contributed by atoms with Crippen LogP contribution in [-0.2, 0) is 24.9 Å². The fourth-order valence-corrected chi connectivity index (χ4v) is 3.81. The van der Waals surface area contributed by atoms with E-state index in [2.05, 4.69) is 10.3 Å². The average molecular weight is 424 g/mol. The number of nitrogens with one attached hydrogen (secondary N) is 1. The van der Waals surface area contributed by atoms with Gasteiger partial charge in [-0.25, -0.2) is 9.78 Å². The number of carbonyl (C=O) groups is 1. The number of fused-ring (bicyclic) bond motifs is 1. The summed E-state index contributed by atoms with van der Waals surface area (Å²) in [4.78, 5) is 30.3. The van der Waals surface area contributed by atoms with Crippen molar-refractivity contribution in [2.24, 2.45) is 7.05 Å². The van der Waals surface area contributed by atoms with E-state index in [0.29, 0.717) is 17.4 Å². The van der Waals surface area contributed by atoms with Gasteiger partial charge in [-0.2, -0.15) is 0 Å². The molecule has 1 atom stereocenters. The highest BCUT2D eigenvalue weighted by Crippen LogP contribution is 2.22. The number of carbonyl (C=O) groups excluding carboxylic acids is 1. The molecule has 8 heteroatoms. The Kier molecular flexibility index (Phi) is 5.46. The summed E-state index contributed by atoms with van der Waals surface area (Å²) in [6.45, 7) is 2.37. The summed E-state index contributed by atoms with van der Waals surface area (Å²) in [5, 5.41) is 3.64. The summed E-state index contributed by atoms with van der Waals surface area (Å²) in [5.74, 6) is 0.410. The van der Waals surface area contributed by atoms with Crippen molar-refractivity contribution in [2.45, 2.75) is 26.1 Å². The number of amides is 1. The first kappa shape index (κ1) is 20.0. The smallest absolute Gasteiger partial charge is 0.329 e. The molecule has 4 aromatic rings. The first-order chi connectivity index (χ1) is 14.5. The number of halogens is 1. The van der Waals surface area contributed by atoms with Gasteiger partial charge in [0.25, 0.3) is 0 Å². The number of aromatic nitrogens is 4. The third-order valence-electron chi connectivity index (χ3n) is 5.17. The minimum atomic E-state index is -0.468. The molecule has 1 amide bonds. The normalized spacial score (nSPS) is 12.2. The van der Waals surface area contributed by atoms with Gasteiger partial charge in [0.05, 0.1) is 11.0 Å². The van der Waals surface area contributed by atoms with Gasteiger partial charge in [-0.05, 0) is 36.8 Å². The maximum atomic E-state index is 13.0. The van der Waals surface area contributed by atoms with E-state index in [9.17, 15) is 9.59 Å². The number of para-hydroxylation sites is 2. The second kappa shape index (κ2) is 8.20. The molecule has 0 fully saturated rings. The van der Waals surface area contributed by atoms with Gasteiger partial charge in [-0.15, -0.1) is 0 Å². The number of aryl methyl sites for hydroxylation is 2. The highest BCUT2D eigenvalue weighted by Gasteiger charge is 2.22. The molecule has 2 heterocycles. The van der Waals surface area contributed by atoms with Crippen LogP contribution in [0, 0.1) is 0 Å². The summed E-state index contributed by atoms with van der Waals surface area (Å²) in [6.07, 6.45) is 3.51. The van der Waals surface area contributed by atoms with Crippen LogP contribution in [0.3, 0.4) is 0 Å². The van der Waals surface area contributed by atoms with E-state index in [-0.39, 0.29) is 18.1 Å². The van der Waals surface area contributed by atoms with Crippen LogP contribution >= 0.6 is 11.6 Å². The Bertz CT molecular complexity index is 1250. The number of benzene rings is 2. The van der Waals surface area contributed by atoms with Crippen molar-refractivity contribution in [3.8, 4) is 0 Å². The van der Waals surface area contributed by atoms with Crippen molar-refractivity contribution in [2.75, 3.05) is 0 Å². The third-order valence-corrected chi connectivity index (χ3v) is 5.42. The molecule has 0 saturated carbocycles. The molecule has 154 valence electrons. The molecule has 2 aromatic heterocycles. The first-order valence-corrected chi connectivity index (χ1v) is 10.1. The fourth-order valence-electron chi connectivity index (χ4n) is 3.69. The largest absolute Gasteiger partial charge is 0.341 e. The molecule has 0 saturated heterocycles. The molecule has 0 aliphatic rings. The lowest BCUT2D eigenvalue weighted by Crippen LogP contribution is -2.36. The summed E-state index contributed by atoms with van der Waals surface area (Å²) < 4.78 is 5.03. The Morgan fingerprint density at radius 2 is 1.77 bits per heavy atom. The minimum Gasteiger partial charge on any atom is -0.341 e. The molecule has 2 aromatic carbocycles. The SMILES string of the molecule is CCn1c(=O)n(CC(=O)N[C@@H](c2ccc(Cl)cc2)c2nccn2C)c2ccccc21. The van der Waals surface area contributed by atoms with E-state index >= 15 is 0 Å². The van der Waals surface area contributed by atoms with E-state index < -0.39 is 6.04 Å². The molecule has 0 bridgehead atoms. The second-order valence-electron chi connectivity index (χ2n) is 7.05. The van der Waals surface area contributed by atoms with Crippen LogP contribution in [0.15, 0.2) is 65.7 Å². The fraction of sp³-hybridized carbons (Fsp3) is 0.227. The molecular formula is C22H22ClN5O2. The van der Waals surface area contributed by atoms with E-state index in [1.807, 2.05) is 61.1 Å². The van der Waals surface area contributed by atoms with Crippen LogP contribution < -0.4 is 11.0 Å². The third kappa shape index (κ3) is 3.64. The Balaban J connectivity index is 1.67. The van der Waals surface area contributed by atoms with Gasteiger partial charge in [0.1, 0.15) is 18.4 Å². The van der Waals surface area contributed by atoms with Gasteiger partial charge >= 0.3 is 5.69 Å². The predicted molar refractivity (Wildman–Crippen MR) is 117 cm³/mol. The molecular weight excluding hydrogens is 402 g/mol. The number of rotatable bonds is 6. The lowest BCUT2D eigenvalue weighted by Gasteiger charge is -2.19. The highest BCUT2D eigenvalue weighted by molar-refractivity contribution is 6.30. The van der Waals surface area contributed by atoms with Gasteiger partial charge in [0.2, 0.25) is 5.91 Å². The summed E-state index contributed by atoms with van der Waals surface area (Å²) in [6, 6.07) is 14.3. The monoisotopic (exact) mass is 423 g/mol. The zero-order valence-corrected chi connectivity index (χ0v) is 17.5. The Morgan fingerprint density at radius 3 is 2.37 bits per heavy atom. The highest BCUT2D eigenvalue weighted by atomic mass is 35.5. The Labute approximate surface area is 178 Å². The minimum absolute atomic E-state index is 0.0825. The molecule has 7 nitrogen and oxygen atoms in total. The lowest BCUT2D eigenvalue weighted by atomic mass is 10.1. The Hall–Kier alpha value is -3.32. The van der Waals surface area contributed by atoms with Crippen LogP contribution in [0.25, 0.3) is 11.0 Å². The standard InChI is InChI=1S/C22H22ClN5O2/c1-3-27-17-6-4-5-7-18(17)28(22(27)30)14-19(29)25-20(21-24-12-13-26(21)2)15-8-10-16(23)11-9-15/h4-13,20H,3,14H2,1-2H3,(H,25,29)/t20-/m0/s1. The van der Waals surface area contributed by atoms with Gasteiger partial charge in [0, 0.05) is 31.0 Å². The van der Waals surface area contributed by atoms with Crippen LogP contribution in [0.2, 0.25) is 5.02 Å². The molecule has 30 heavy (non-hydrogen) atoms. The van der Waals surface area contributed by atoms with Crippen LogP contribution in [-0.4, -0.2) is 24.6 Å². The van der Waals surface area contributed by atoms with Gasteiger partial charge in [-0.3, -0.25) is 13.9 Å². The van der Waals surface area contributed by atoms with Gasteiger partial charge in [0.15, 0.2) is 0 Å². The molecule has 1 N–H and O–H groups in total. The van der Waals surface area contributed by atoms with Crippen molar-refractivity contribution in [3.63, 3.8) is 0 Å². The zero-order chi connectivity index (χ0) is 21.3. The number of hydrogen-bond acceptors (Lipinski definition) is 3. The molecule has 0 aliphatic heterocycles. The average Bonchev–Trinajstić information content (AvgIpc) is 3.28. The molecule has 0 spiro atoms. The second-order valence-corrected chi connectivity index (χ2v) is 7.49. The van der Waals surface area contributed by atoms with E-state index in [0.717, 1.165) is 16.6 Å². The molecule has 0 aliphatic carbocycles. The van der Waals surface area contributed by atoms with Crippen LogP contribution in [0.5, 0.6) is 0 Å². The van der Waals surface area contributed by atoms with Crippen molar-refractivity contribution in [1.29, 1.82) is 0 Å². The summed E-state index contributed by atoms with van der Waals surface area (Å²) in [7, 11) is 1.87. The van der Waals surface area contributed by atoms with Crippen molar-refractivity contribution < 1.29 is 4.79 Å². The summed E-state index contributed by atoms with van der Waals surface area (Å²) >= 11 is 6.03. The van der Waals surface area contributed by atoms with Crippen LogP contribution in [0.1, 0.15) is 24.4 Å². The quantitative estimate of drug-likeness (QED) is 0.517. The number of hydrogen-bond donors (Lipinski definition) is 1.